The largest absolute Gasteiger partial charge is 0.387 e. The van der Waals surface area contributed by atoms with E-state index < -0.39 is 0 Å². The molecule has 1 N–H and O–H groups in total. The fraction of sp³-hybridized carbons (Fsp3) is 0.600. The highest BCUT2D eigenvalue weighted by atomic mass is 16.3. The van der Waals surface area contributed by atoms with Crippen molar-refractivity contribution in [3.8, 4) is 0 Å². The molecule has 2 nitrogen and oxygen atoms in total. The molecule has 3 atom stereocenters. The summed E-state index contributed by atoms with van der Waals surface area (Å²) in [5.41, 5.74) is 2.44. The lowest BCUT2D eigenvalue weighted by atomic mass is 9.84. The molecule has 2 rings (SSSR count). The Hall–Kier alpha value is -0.860. The predicted octanol–water partition coefficient (Wildman–Crippen LogP) is 2.77. The molecular weight excluding hydrogens is 210 g/mol. The maximum atomic E-state index is 10.5. The average Bonchev–Trinajstić information content (AvgIpc) is 2.38. The zero-order valence-electron chi connectivity index (χ0n) is 11.1. The zero-order valence-corrected chi connectivity index (χ0v) is 11.1. The Balaban J connectivity index is 2.19. The molecule has 1 aliphatic rings. The second-order valence-corrected chi connectivity index (χ2v) is 5.17. The number of hydrogen-bond donors (Lipinski definition) is 1. The molecular formula is C15H23NO. The van der Waals surface area contributed by atoms with Gasteiger partial charge in [-0.15, -0.1) is 0 Å². The van der Waals surface area contributed by atoms with E-state index in [1.54, 1.807) is 0 Å². The number of aryl methyl sites for hydroxylation is 1. The summed E-state index contributed by atoms with van der Waals surface area (Å²) in [5.74, 6) is 0. The van der Waals surface area contributed by atoms with Crippen LogP contribution in [0.5, 0.6) is 0 Å². The molecule has 0 aliphatic heterocycles. The first-order valence-electron chi connectivity index (χ1n) is 6.63. The van der Waals surface area contributed by atoms with Gasteiger partial charge in [-0.05, 0) is 44.4 Å². The van der Waals surface area contributed by atoms with Crippen molar-refractivity contribution in [3.63, 3.8) is 0 Å². The third-order valence-electron chi connectivity index (χ3n) is 4.26. The standard InChI is InChI=1S/C15H23NO/c1-4-11(2)16(3)14-10-9-12-7-5-6-8-13(12)15(14)17/h5-8,11,14-15,17H,4,9-10H2,1-3H3. The van der Waals surface area contributed by atoms with Crippen molar-refractivity contribution in [2.75, 3.05) is 7.05 Å². The Bertz CT molecular complexity index is 377. The molecule has 0 radical (unpaired) electrons. The second-order valence-electron chi connectivity index (χ2n) is 5.17. The molecule has 1 aromatic rings. The van der Waals surface area contributed by atoms with E-state index in [9.17, 15) is 5.11 Å². The van der Waals surface area contributed by atoms with Crippen molar-refractivity contribution < 1.29 is 5.11 Å². The highest BCUT2D eigenvalue weighted by molar-refractivity contribution is 5.32. The topological polar surface area (TPSA) is 23.5 Å². The van der Waals surface area contributed by atoms with Crippen molar-refractivity contribution in [2.24, 2.45) is 0 Å². The van der Waals surface area contributed by atoms with Gasteiger partial charge in [0.1, 0.15) is 0 Å². The van der Waals surface area contributed by atoms with Crippen LogP contribution in [0.2, 0.25) is 0 Å². The molecule has 3 unspecified atom stereocenters. The van der Waals surface area contributed by atoms with Crippen LogP contribution in [0.25, 0.3) is 0 Å². The van der Waals surface area contributed by atoms with Gasteiger partial charge in [-0.1, -0.05) is 31.2 Å². The van der Waals surface area contributed by atoms with E-state index in [1.807, 2.05) is 6.07 Å². The molecule has 0 saturated carbocycles. The minimum Gasteiger partial charge on any atom is -0.387 e. The number of fused-ring (bicyclic) bond motifs is 1. The van der Waals surface area contributed by atoms with Crippen molar-refractivity contribution in [2.45, 2.75) is 51.3 Å². The molecule has 17 heavy (non-hydrogen) atoms. The summed E-state index contributed by atoms with van der Waals surface area (Å²) in [7, 11) is 2.13. The van der Waals surface area contributed by atoms with Gasteiger partial charge in [0, 0.05) is 12.1 Å². The van der Waals surface area contributed by atoms with Gasteiger partial charge >= 0.3 is 0 Å². The lowest BCUT2D eigenvalue weighted by Gasteiger charge is -2.39. The van der Waals surface area contributed by atoms with Crippen molar-refractivity contribution in [3.05, 3.63) is 35.4 Å². The van der Waals surface area contributed by atoms with Crippen LogP contribution in [-0.4, -0.2) is 29.1 Å². The fourth-order valence-electron chi connectivity index (χ4n) is 2.76. The summed E-state index contributed by atoms with van der Waals surface area (Å²) in [6.07, 6.45) is 2.93. The fourth-order valence-corrected chi connectivity index (χ4v) is 2.76. The number of rotatable bonds is 3. The van der Waals surface area contributed by atoms with Gasteiger partial charge in [0.15, 0.2) is 0 Å². The van der Waals surface area contributed by atoms with Crippen LogP contribution >= 0.6 is 0 Å². The van der Waals surface area contributed by atoms with E-state index in [-0.39, 0.29) is 12.1 Å². The molecule has 2 heteroatoms. The maximum absolute atomic E-state index is 10.5. The molecule has 0 bridgehead atoms. The highest BCUT2D eigenvalue weighted by Gasteiger charge is 2.31. The Labute approximate surface area is 104 Å². The Kier molecular flexibility index (Phi) is 3.85. The third kappa shape index (κ3) is 2.38. The highest BCUT2D eigenvalue weighted by Crippen LogP contribution is 2.33. The second kappa shape index (κ2) is 5.19. The lowest BCUT2D eigenvalue weighted by molar-refractivity contribution is 0.0307. The first-order chi connectivity index (χ1) is 8.15. The van der Waals surface area contributed by atoms with Crippen molar-refractivity contribution >= 4 is 0 Å². The molecule has 1 aliphatic carbocycles. The van der Waals surface area contributed by atoms with E-state index in [1.165, 1.54) is 5.56 Å². The minimum atomic E-state index is -0.334. The number of aliphatic hydroxyl groups excluding tert-OH is 1. The van der Waals surface area contributed by atoms with Gasteiger partial charge < -0.3 is 5.11 Å². The molecule has 94 valence electrons. The lowest BCUT2D eigenvalue weighted by Crippen LogP contribution is -2.44. The quantitative estimate of drug-likeness (QED) is 0.867. The molecule has 0 amide bonds. The van der Waals surface area contributed by atoms with Gasteiger partial charge in [-0.2, -0.15) is 0 Å². The van der Waals surface area contributed by atoms with E-state index in [0.29, 0.717) is 6.04 Å². The van der Waals surface area contributed by atoms with Crippen LogP contribution in [0.1, 0.15) is 43.9 Å². The first kappa shape index (κ1) is 12.6. The zero-order chi connectivity index (χ0) is 12.4. The number of likely N-dealkylation sites (N-methyl/N-ethyl adjacent to an activating group) is 1. The Morgan fingerprint density at radius 2 is 2.12 bits per heavy atom. The number of benzene rings is 1. The third-order valence-corrected chi connectivity index (χ3v) is 4.26. The molecule has 0 heterocycles. The monoisotopic (exact) mass is 233 g/mol. The van der Waals surface area contributed by atoms with Gasteiger partial charge in [-0.25, -0.2) is 0 Å². The molecule has 1 aromatic carbocycles. The molecule has 0 spiro atoms. The molecule has 0 fully saturated rings. The Morgan fingerprint density at radius 3 is 2.82 bits per heavy atom. The summed E-state index contributed by atoms with van der Waals surface area (Å²) in [4.78, 5) is 2.33. The summed E-state index contributed by atoms with van der Waals surface area (Å²) in [6.45, 7) is 4.43. The van der Waals surface area contributed by atoms with E-state index >= 15 is 0 Å². The molecule has 0 aromatic heterocycles. The van der Waals surface area contributed by atoms with Gasteiger partial charge in [0.25, 0.3) is 0 Å². The Morgan fingerprint density at radius 1 is 1.41 bits per heavy atom. The minimum absolute atomic E-state index is 0.264. The van der Waals surface area contributed by atoms with Gasteiger partial charge in [-0.3, -0.25) is 4.90 Å². The smallest absolute Gasteiger partial charge is 0.0947 e. The predicted molar refractivity (Wildman–Crippen MR) is 71.0 cm³/mol. The van der Waals surface area contributed by atoms with Crippen LogP contribution in [0.15, 0.2) is 24.3 Å². The summed E-state index contributed by atoms with van der Waals surface area (Å²) >= 11 is 0. The van der Waals surface area contributed by atoms with Crippen LogP contribution < -0.4 is 0 Å². The number of hydrogen-bond acceptors (Lipinski definition) is 2. The first-order valence-corrected chi connectivity index (χ1v) is 6.63. The van der Waals surface area contributed by atoms with E-state index in [4.69, 9.17) is 0 Å². The normalized spacial score (nSPS) is 25.7. The maximum Gasteiger partial charge on any atom is 0.0947 e. The average molecular weight is 233 g/mol. The number of nitrogens with zero attached hydrogens (tertiary/aromatic N) is 1. The number of aliphatic hydroxyl groups is 1. The van der Waals surface area contributed by atoms with E-state index in [0.717, 1.165) is 24.8 Å². The van der Waals surface area contributed by atoms with Crippen molar-refractivity contribution in [1.82, 2.24) is 4.90 Å². The van der Waals surface area contributed by atoms with Gasteiger partial charge in [0.05, 0.1) is 6.10 Å². The van der Waals surface area contributed by atoms with Crippen molar-refractivity contribution in [1.29, 1.82) is 0 Å². The SMILES string of the molecule is CCC(C)N(C)C1CCc2ccccc2C1O. The summed E-state index contributed by atoms with van der Waals surface area (Å²) in [6, 6.07) is 9.08. The summed E-state index contributed by atoms with van der Waals surface area (Å²) < 4.78 is 0. The van der Waals surface area contributed by atoms with Crippen LogP contribution in [0, 0.1) is 0 Å². The van der Waals surface area contributed by atoms with Crippen LogP contribution in [0.4, 0.5) is 0 Å². The van der Waals surface area contributed by atoms with Gasteiger partial charge in [0.2, 0.25) is 0 Å². The summed E-state index contributed by atoms with van der Waals surface area (Å²) in [5, 5.41) is 10.5. The van der Waals surface area contributed by atoms with E-state index in [2.05, 4.69) is 44.0 Å². The molecule has 0 saturated heterocycles. The van der Waals surface area contributed by atoms with Crippen LogP contribution in [0.3, 0.4) is 0 Å². The van der Waals surface area contributed by atoms with Crippen LogP contribution in [-0.2, 0) is 6.42 Å².